The molecule has 15 rings (SSSR count). The number of aromatic nitrogens is 6. The van der Waals surface area contributed by atoms with E-state index in [2.05, 4.69) is 176 Å². The van der Waals surface area contributed by atoms with Gasteiger partial charge in [0.15, 0.2) is 0 Å². The Morgan fingerprint density at radius 3 is 1.33 bits per heavy atom. The Labute approximate surface area is 435 Å². The van der Waals surface area contributed by atoms with Gasteiger partial charge in [-0.3, -0.25) is 15.0 Å². The number of nitrogens with zero attached hydrogens (tertiary/aromatic N) is 6. The van der Waals surface area contributed by atoms with Crippen LogP contribution in [0.2, 0.25) is 0 Å². The summed E-state index contributed by atoms with van der Waals surface area (Å²) in [5.74, 6) is 1.71. The van der Waals surface area contributed by atoms with Gasteiger partial charge in [0.2, 0.25) is 0 Å². The van der Waals surface area contributed by atoms with Gasteiger partial charge in [0.05, 0.1) is 22.1 Å². The third-order valence-electron chi connectivity index (χ3n) is 14.8. The monoisotopic (exact) mass is 982 g/mol. The molecule has 0 fully saturated rings. The van der Waals surface area contributed by atoms with Gasteiger partial charge in [-0.15, -0.1) is 0 Å². The molecule has 0 aliphatic heterocycles. The molecule has 0 aliphatic rings. The summed E-state index contributed by atoms with van der Waals surface area (Å²) < 4.78 is 27.9. The fourth-order valence-electron chi connectivity index (χ4n) is 11.5. The highest BCUT2D eigenvalue weighted by Crippen LogP contribution is 2.41. The summed E-state index contributed by atoms with van der Waals surface area (Å²) in [4.78, 5) is 14.2. The minimum atomic E-state index is -3.15. The second-order valence-electron chi connectivity index (χ2n) is 19.0. The van der Waals surface area contributed by atoms with E-state index in [1.54, 1.807) is 18.6 Å². The number of para-hydroxylation sites is 5. The molecule has 0 spiro atoms. The molecule has 75 heavy (non-hydrogen) atoms. The van der Waals surface area contributed by atoms with Crippen LogP contribution >= 0.6 is 0 Å². The van der Waals surface area contributed by atoms with Crippen molar-refractivity contribution in [3.05, 3.63) is 231 Å². The molecule has 0 bridgehead atoms. The molecular weight excluding hydrogens is 940 g/mol. The summed E-state index contributed by atoms with van der Waals surface area (Å²) in [6.07, 6.45) is 5.33. The van der Waals surface area contributed by atoms with Crippen molar-refractivity contribution in [1.29, 1.82) is 0 Å². The van der Waals surface area contributed by atoms with Gasteiger partial charge in [-0.05, 0) is 127 Å². The molecule has 6 heterocycles. The van der Waals surface area contributed by atoms with E-state index in [-0.39, 0.29) is 0 Å². The zero-order valence-corrected chi connectivity index (χ0v) is 41.8. The first-order valence-corrected chi connectivity index (χ1v) is 26.7. The van der Waals surface area contributed by atoms with Crippen LogP contribution in [0.3, 0.4) is 0 Å². The predicted octanol–water partition coefficient (Wildman–Crippen LogP) is 15.8. The largest absolute Gasteiger partial charge is 1.20 e. The highest BCUT2D eigenvalue weighted by molar-refractivity contribution is 6.40. The van der Waals surface area contributed by atoms with Gasteiger partial charge in [0, 0.05) is 96.0 Å². The molecule has 10 heteroatoms. The van der Waals surface area contributed by atoms with Crippen LogP contribution in [0.25, 0.3) is 121 Å². The summed E-state index contributed by atoms with van der Waals surface area (Å²) in [5.41, 5.74) is 13.5. The molecule has 6 aromatic heterocycles. The van der Waals surface area contributed by atoms with Crippen LogP contribution in [0.5, 0.6) is 17.2 Å². The van der Waals surface area contributed by atoms with Gasteiger partial charge in [-0.25, -0.2) is 0 Å². The Morgan fingerprint density at radius 2 is 0.787 bits per heavy atom. The van der Waals surface area contributed by atoms with Gasteiger partial charge < -0.3 is 25.1 Å². The summed E-state index contributed by atoms with van der Waals surface area (Å²) in [7, 11) is 0. The zero-order chi connectivity index (χ0) is 49.6. The summed E-state index contributed by atoms with van der Waals surface area (Å²) in [6, 6.07) is 74.7. The van der Waals surface area contributed by atoms with Gasteiger partial charge in [0.1, 0.15) is 33.8 Å². The highest BCUT2D eigenvalue weighted by Gasteiger charge is 2.46. The Kier molecular flexibility index (Phi) is 9.99. The van der Waals surface area contributed by atoms with Crippen molar-refractivity contribution < 1.29 is 11.4 Å². The molecule has 0 aliphatic carbocycles. The normalized spacial score (nSPS) is 11.9. The maximum Gasteiger partial charge on any atom is 1.20 e. The maximum absolute atomic E-state index is 7.03. The van der Waals surface area contributed by atoms with E-state index in [1.165, 1.54) is 49.0 Å². The topological polar surface area (TPSA) is 81.2 Å². The molecule has 9 nitrogen and oxygen atoms in total. The first kappa shape index (κ1) is 43.2. The average Bonchev–Trinajstić information content (AvgIpc) is 4.16. The lowest BCUT2D eigenvalue weighted by atomic mass is 10.0. The molecule has 0 radical (unpaired) electrons. The van der Waals surface area contributed by atoms with E-state index >= 15 is 0 Å². The highest BCUT2D eigenvalue weighted by atomic mass is 27.3. The number of aryl methyl sites for hydroxylation is 1. The molecule has 354 valence electrons. The molecule has 15 aromatic rings. The fraction of sp³-hybridized carbons (Fsp3) is 0.0308. The van der Waals surface area contributed by atoms with E-state index in [9.17, 15) is 0 Å². The van der Waals surface area contributed by atoms with Gasteiger partial charge in [-0.1, -0.05) is 103 Å². The minimum Gasteiger partial charge on any atom is -0.576 e. The molecular formula is C65H43AlN6O3. The van der Waals surface area contributed by atoms with E-state index in [0.717, 1.165) is 72.7 Å². The van der Waals surface area contributed by atoms with Crippen LogP contribution in [0.15, 0.2) is 231 Å². The summed E-state index contributed by atoms with van der Waals surface area (Å²) in [6.45, 7) is 3.09. The number of hydrogen-bond acceptors (Lipinski definition) is 6. The van der Waals surface area contributed by atoms with E-state index in [0.29, 0.717) is 22.8 Å². The molecule has 0 N–H and O–H groups in total. The van der Waals surface area contributed by atoms with Gasteiger partial charge in [-0.2, -0.15) is 0 Å². The second kappa shape index (κ2) is 17.4. The number of benzene rings is 9. The van der Waals surface area contributed by atoms with Crippen LogP contribution in [0.1, 0.15) is 6.92 Å². The lowest BCUT2D eigenvalue weighted by molar-refractivity contribution is 0.311. The number of pyridine rings is 3. The van der Waals surface area contributed by atoms with Crippen molar-refractivity contribution in [1.82, 2.24) is 28.7 Å². The lowest BCUT2D eigenvalue weighted by Crippen LogP contribution is -2.37. The minimum absolute atomic E-state index is 0.560. The van der Waals surface area contributed by atoms with E-state index in [4.69, 9.17) is 16.3 Å². The molecule has 0 atom stereocenters. The van der Waals surface area contributed by atoms with Crippen molar-refractivity contribution >= 4 is 113 Å². The number of fused-ring (bicyclic) bond motifs is 12. The molecule has 0 saturated carbocycles. The fourth-order valence-corrected chi connectivity index (χ4v) is 12.8. The average molecular weight is 983 g/mol. The van der Waals surface area contributed by atoms with Crippen molar-refractivity contribution in [3.8, 4) is 39.8 Å². The number of rotatable bonds is 10. The summed E-state index contributed by atoms with van der Waals surface area (Å²) >= 11 is -3.15. The third kappa shape index (κ3) is 7.03. The van der Waals surface area contributed by atoms with Gasteiger partial charge in [0.25, 0.3) is 0 Å². The standard InChI is InChI=1S/C47H32N4O.2C9H7NO.Al/c1-2-49-40-21-18-32(50-42-14-6-3-11-34(42)35-12-4-7-15-43(35)50)27-38(40)39-28-33(19-22-41(39)49)51-44-16-8-5-13-36(44)37-25-29(17-20-45(37)51)31-24-30-10-9-23-48-47(30)46(52)26-31;2*11-8-5-1-3-7-4-2-6-10-9(7)8;/h3-28,52H,2H2,1H3;2*1-6,11H;/q;;;+3/p-3. The van der Waals surface area contributed by atoms with Crippen LogP contribution in [-0.2, 0) is 6.54 Å². The third-order valence-corrected chi connectivity index (χ3v) is 16.1. The SMILES string of the molecule is CCn1c2ccc(-n3c4ccccc4c4ccccc43)cc2c2cc(-n3c4ccccc4c4cc(-c5cc([O][Al]([O]c6cccc7cccnc67)[O]c6cccc7cccnc67)c6ncccc6c5)ccc43)ccc21. The van der Waals surface area contributed by atoms with Crippen molar-refractivity contribution in [3.63, 3.8) is 0 Å². The van der Waals surface area contributed by atoms with Crippen LogP contribution in [0, 0.1) is 0 Å². The molecule has 0 unspecified atom stereocenters. The maximum atomic E-state index is 7.03. The molecule has 0 amide bonds. The lowest BCUT2D eigenvalue weighted by Gasteiger charge is -2.19. The van der Waals surface area contributed by atoms with E-state index < -0.39 is 15.1 Å². The molecule has 9 aromatic carbocycles. The second-order valence-corrected chi connectivity index (χ2v) is 20.2. The predicted molar refractivity (Wildman–Crippen MR) is 306 cm³/mol. The van der Waals surface area contributed by atoms with Crippen LogP contribution in [-0.4, -0.2) is 43.8 Å². The smallest absolute Gasteiger partial charge is 0.576 e. The first-order chi connectivity index (χ1) is 37.1. The van der Waals surface area contributed by atoms with Crippen molar-refractivity contribution in [2.24, 2.45) is 0 Å². The molecule has 0 saturated heterocycles. The number of hydrogen-bond donors (Lipinski definition) is 0. The summed E-state index contributed by atoms with van der Waals surface area (Å²) in [5, 5.41) is 10.1. The Hall–Kier alpha value is -9.46. The van der Waals surface area contributed by atoms with Crippen molar-refractivity contribution in [2.45, 2.75) is 13.5 Å². The van der Waals surface area contributed by atoms with E-state index in [1.807, 2.05) is 66.7 Å². The Bertz CT molecular complexity index is 4640. The van der Waals surface area contributed by atoms with Crippen LogP contribution in [0.4, 0.5) is 0 Å². The quantitative estimate of drug-likeness (QED) is 0.127. The first-order valence-electron chi connectivity index (χ1n) is 25.3. The Balaban J connectivity index is 0.852. The van der Waals surface area contributed by atoms with Crippen LogP contribution < -0.4 is 11.4 Å². The Morgan fingerprint density at radius 1 is 0.347 bits per heavy atom. The van der Waals surface area contributed by atoms with Gasteiger partial charge >= 0.3 is 15.1 Å². The zero-order valence-electron chi connectivity index (χ0n) is 40.6. The van der Waals surface area contributed by atoms with Crippen molar-refractivity contribution in [2.75, 3.05) is 0 Å².